The lowest BCUT2D eigenvalue weighted by Crippen LogP contribution is -2.24. The smallest absolute Gasteiger partial charge is 0.248 e. The first-order valence-electron chi connectivity index (χ1n) is 5.54. The molecule has 0 bridgehead atoms. The van der Waals surface area contributed by atoms with Gasteiger partial charge >= 0.3 is 0 Å². The van der Waals surface area contributed by atoms with Crippen LogP contribution in [0.15, 0.2) is 24.3 Å². The lowest BCUT2D eigenvalue weighted by atomic mass is 10.2. The topological polar surface area (TPSA) is 84.2 Å². The van der Waals surface area contributed by atoms with Crippen LogP contribution in [-0.2, 0) is 4.79 Å². The van der Waals surface area contributed by atoms with Crippen molar-refractivity contribution in [3.05, 3.63) is 29.8 Å². The molecule has 2 amide bonds. The molecule has 0 aliphatic heterocycles. The van der Waals surface area contributed by atoms with Crippen LogP contribution in [0.4, 0.5) is 5.69 Å². The van der Waals surface area contributed by atoms with Crippen molar-refractivity contribution in [1.29, 1.82) is 0 Å². The fraction of sp³-hybridized carbons (Fsp3) is 0.333. The maximum atomic E-state index is 11.2. The van der Waals surface area contributed by atoms with Gasteiger partial charge in [0.2, 0.25) is 11.8 Å². The molecule has 92 valence electrons. The first-order valence-corrected chi connectivity index (χ1v) is 5.54. The van der Waals surface area contributed by atoms with Crippen molar-refractivity contribution in [2.75, 3.05) is 18.4 Å². The van der Waals surface area contributed by atoms with Crippen LogP contribution in [0.3, 0.4) is 0 Å². The molecular weight excluding hydrogens is 218 g/mol. The number of nitrogens with two attached hydrogens (primary N) is 1. The van der Waals surface area contributed by atoms with Gasteiger partial charge in [-0.2, -0.15) is 0 Å². The molecule has 17 heavy (non-hydrogen) atoms. The molecule has 0 saturated heterocycles. The van der Waals surface area contributed by atoms with Gasteiger partial charge in [-0.1, -0.05) is 0 Å². The Bertz CT molecular complexity index is 387. The number of nitrogens with one attached hydrogen (secondary N) is 2. The Morgan fingerprint density at radius 3 is 2.41 bits per heavy atom. The van der Waals surface area contributed by atoms with E-state index < -0.39 is 5.91 Å². The third-order valence-corrected chi connectivity index (χ3v) is 2.22. The number of rotatable bonds is 6. The number of primary amides is 1. The molecule has 0 aliphatic carbocycles. The van der Waals surface area contributed by atoms with Gasteiger partial charge in [0.25, 0.3) is 0 Å². The number of carbonyl (C=O) groups is 2. The summed E-state index contributed by atoms with van der Waals surface area (Å²) in [4.78, 5) is 22.0. The van der Waals surface area contributed by atoms with Crippen molar-refractivity contribution in [2.45, 2.75) is 13.3 Å². The van der Waals surface area contributed by atoms with E-state index in [0.717, 1.165) is 5.69 Å². The molecule has 1 aromatic carbocycles. The molecule has 0 fully saturated rings. The highest BCUT2D eigenvalue weighted by Gasteiger charge is 2.01. The molecule has 0 heterocycles. The second-order valence-electron chi connectivity index (χ2n) is 3.57. The van der Waals surface area contributed by atoms with E-state index in [9.17, 15) is 9.59 Å². The fourth-order valence-electron chi connectivity index (χ4n) is 1.36. The van der Waals surface area contributed by atoms with Crippen LogP contribution in [0.25, 0.3) is 0 Å². The Kier molecular flexibility index (Phi) is 5.00. The summed E-state index contributed by atoms with van der Waals surface area (Å²) in [5.41, 5.74) is 6.46. The van der Waals surface area contributed by atoms with Crippen molar-refractivity contribution in [1.82, 2.24) is 5.32 Å². The molecule has 0 spiro atoms. The van der Waals surface area contributed by atoms with E-state index in [1.165, 1.54) is 0 Å². The molecule has 0 aromatic heterocycles. The average molecular weight is 235 g/mol. The van der Waals surface area contributed by atoms with Crippen molar-refractivity contribution >= 4 is 17.5 Å². The molecule has 5 heteroatoms. The summed E-state index contributed by atoms with van der Waals surface area (Å²) >= 11 is 0. The Morgan fingerprint density at radius 1 is 1.24 bits per heavy atom. The van der Waals surface area contributed by atoms with Gasteiger partial charge < -0.3 is 16.4 Å². The minimum atomic E-state index is -0.445. The molecule has 0 radical (unpaired) electrons. The SMILES string of the molecule is CCNC(=O)CCNc1ccc(C(N)=O)cc1. The van der Waals surface area contributed by atoms with Crippen molar-refractivity contribution in [3.63, 3.8) is 0 Å². The number of benzene rings is 1. The first kappa shape index (κ1) is 13.0. The zero-order valence-corrected chi connectivity index (χ0v) is 9.82. The summed E-state index contributed by atoms with van der Waals surface area (Å²) in [6.45, 7) is 3.09. The maximum absolute atomic E-state index is 11.2. The summed E-state index contributed by atoms with van der Waals surface area (Å²) in [5.74, 6) is -0.423. The lowest BCUT2D eigenvalue weighted by molar-refractivity contribution is -0.120. The summed E-state index contributed by atoms with van der Waals surface area (Å²) in [6.07, 6.45) is 0.422. The van der Waals surface area contributed by atoms with Gasteiger partial charge in [0.05, 0.1) is 0 Å². The van der Waals surface area contributed by atoms with Crippen LogP contribution < -0.4 is 16.4 Å². The van der Waals surface area contributed by atoms with Gasteiger partial charge in [0, 0.05) is 30.8 Å². The number of carbonyl (C=O) groups excluding carboxylic acids is 2. The Morgan fingerprint density at radius 2 is 1.88 bits per heavy atom. The van der Waals surface area contributed by atoms with Gasteiger partial charge in [-0.05, 0) is 31.2 Å². The van der Waals surface area contributed by atoms with Gasteiger partial charge in [-0.3, -0.25) is 9.59 Å². The average Bonchev–Trinajstić information content (AvgIpc) is 2.30. The van der Waals surface area contributed by atoms with Crippen molar-refractivity contribution in [3.8, 4) is 0 Å². The third-order valence-electron chi connectivity index (χ3n) is 2.22. The standard InChI is InChI=1S/C12H17N3O2/c1-2-14-11(16)7-8-15-10-5-3-9(4-6-10)12(13)17/h3-6,15H,2,7-8H2,1H3,(H2,13,17)(H,14,16). The summed E-state index contributed by atoms with van der Waals surface area (Å²) < 4.78 is 0. The fourth-order valence-corrected chi connectivity index (χ4v) is 1.36. The van der Waals surface area contributed by atoms with E-state index in [1.807, 2.05) is 6.92 Å². The van der Waals surface area contributed by atoms with E-state index in [0.29, 0.717) is 25.1 Å². The van der Waals surface area contributed by atoms with E-state index >= 15 is 0 Å². The summed E-state index contributed by atoms with van der Waals surface area (Å²) in [7, 11) is 0. The number of hydrogen-bond donors (Lipinski definition) is 3. The van der Waals surface area contributed by atoms with Crippen LogP contribution in [0.1, 0.15) is 23.7 Å². The van der Waals surface area contributed by atoms with E-state index in [4.69, 9.17) is 5.73 Å². The third kappa shape index (κ3) is 4.55. The predicted octanol–water partition coefficient (Wildman–Crippen LogP) is 0.724. The normalized spacial score (nSPS) is 9.71. The Hall–Kier alpha value is -2.04. The number of anilines is 1. The van der Waals surface area contributed by atoms with Crippen LogP contribution in [0.2, 0.25) is 0 Å². The van der Waals surface area contributed by atoms with Gasteiger partial charge in [-0.15, -0.1) is 0 Å². The van der Waals surface area contributed by atoms with Crippen molar-refractivity contribution < 1.29 is 9.59 Å². The molecule has 5 nitrogen and oxygen atoms in total. The highest BCUT2D eigenvalue weighted by Crippen LogP contribution is 2.08. The van der Waals surface area contributed by atoms with E-state index in [-0.39, 0.29) is 5.91 Å². The number of amides is 2. The zero-order chi connectivity index (χ0) is 12.7. The van der Waals surface area contributed by atoms with Crippen molar-refractivity contribution in [2.24, 2.45) is 5.73 Å². The monoisotopic (exact) mass is 235 g/mol. The van der Waals surface area contributed by atoms with Gasteiger partial charge in [0.15, 0.2) is 0 Å². The minimum absolute atomic E-state index is 0.0220. The molecule has 0 atom stereocenters. The molecule has 0 saturated carbocycles. The van der Waals surface area contributed by atoms with E-state index in [1.54, 1.807) is 24.3 Å². The molecule has 0 aliphatic rings. The quantitative estimate of drug-likeness (QED) is 0.679. The largest absolute Gasteiger partial charge is 0.385 e. The Balaban J connectivity index is 2.37. The summed E-state index contributed by atoms with van der Waals surface area (Å²) in [5, 5.41) is 5.80. The summed E-state index contributed by atoms with van der Waals surface area (Å²) in [6, 6.07) is 6.82. The van der Waals surface area contributed by atoms with Gasteiger partial charge in [-0.25, -0.2) is 0 Å². The van der Waals surface area contributed by atoms with Crippen LogP contribution >= 0.6 is 0 Å². The lowest BCUT2D eigenvalue weighted by Gasteiger charge is -2.06. The molecular formula is C12H17N3O2. The highest BCUT2D eigenvalue weighted by atomic mass is 16.1. The predicted molar refractivity (Wildman–Crippen MR) is 66.8 cm³/mol. The maximum Gasteiger partial charge on any atom is 0.248 e. The molecule has 1 aromatic rings. The molecule has 4 N–H and O–H groups in total. The van der Waals surface area contributed by atoms with Crippen LogP contribution in [0, 0.1) is 0 Å². The Labute approximate surface area is 100 Å². The second-order valence-corrected chi connectivity index (χ2v) is 3.57. The second kappa shape index (κ2) is 6.52. The molecule has 1 rings (SSSR count). The highest BCUT2D eigenvalue weighted by molar-refractivity contribution is 5.93. The number of hydrogen-bond acceptors (Lipinski definition) is 3. The van der Waals surface area contributed by atoms with Crippen LogP contribution in [-0.4, -0.2) is 24.9 Å². The van der Waals surface area contributed by atoms with E-state index in [2.05, 4.69) is 10.6 Å². The first-order chi connectivity index (χ1) is 8.13. The zero-order valence-electron chi connectivity index (χ0n) is 9.82. The molecule has 0 unspecified atom stereocenters. The minimum Gasteiger partial charge on any atom is -0.385 e. The van der Waals surface area contributed by atoms with Crippen LogP contribution in [0.5, 0.6) is 0 Å². The van der Waals surface area contributed by atoms with Gasteiger partial charge in [0.1, 0.15) is 0 Å².